The van der Waals surface area contributed by atoms with Gasteiger partial charge in [-0.05, 0) is 11.5 Å². The van der Waals surface area contributed by atoms with Gasteiger partial charge < -0.3 is 15.2 Å². The Kier molecular flexibility index (Phi) is 3.84. The second-order valence-corrected chi connectivity index (χ2v) is 6.94. The summed E-state index contributed by atoms with van der Waals surface area (Å²) in [4.78, 5) is 12.8. The van der Waals surface area contributed by atoms with E-state index < -0.39 is 5.92 Å². The maximum Gasteiger partial charge on any atom is 0.205 e. The van der Waals surface area contributed by atoms with Crippen molar-refractivity contribution in [2.75, 3.05) is 7.11 Å². The van der Waals surface area contributed by atoms with E-state index in [2.05, 4.69) is 6.07 Å². The summed E-state index contributed by atoms with van der Waals surface area (Å²) in [6.45, 7) is 4.05. The highest BCUT2D eigenvalue weighted by Crippen LogP contribution is 2.49. The van der Waals surface area contributed by atoms with Crippen LogP contribution in [0.3, 0.4) is 0 Å². The van der Waals surface area contributed by atoms with Gasteiger partial charge in [0.1, 0.15) is 23.2 Å². The Hall–Kier alpha value is -2.74. The van der Waals surface area contributed by atoms with Crippen molar-refractivity contribution in [3.05, 3.63) is 52.6 Å². The molecule has 3 rings (SSSR count). The van der Waals surface area contributed by atoms with Gasteiger partial charge in [0.2, 0.25) is 5.88 Å². The lowest BCUT2D eigenvalue weighted by molar-refractivity contribution is -0.119. The molecule has 0 saturated carbocycles. The van der Waals surface area contributed by atoms with Crippen LogP contribution in [0.15, 0.2) is 47.1 Å². The first-order valence-electron chi connectivity index (χ1n) is 7.84. The van der Waals surface area contributed by atoms with E-state index in [4.69, 9.17) is 15.2 Å². The number of nitrogens with zero attached hydrogens (tertiary/aromatic N) is 1. The predicted octanol–water partition coefficient (Wildman–Crippen LogP) is 3.15. The first-order chi connectivity index (χ1) is 11.4. The van der Waals surface area contributed by atoms with Crippen LogP contribution in [-0.2, 0) is 9.53 Å². The van der Waals surface area contributed by atoms with Crippen LogP contribution in [0.25, 0.3) is 0 Å². The van der Waals surface area contributed by atoms with Gasteiger partial charge in [-0.3, -0.25) is 4.79 Å². The molecule has 1 aromatic rings. The highest BCUT2D eigenvalue weighted by Gasteiger charge is 2.43. The highest BCUT2D eigenvalue weighted by molar-refractivity contribution is 6.00. The number of Topliss-reactive ketones (excluding diaryl/α,β-unsaturated/α-hetero) is 1. The molecule has 0 radical (unpaired) electrons. The van der Waals surface area contributed by atoms with E-state index in [1.54, 1.807) is 7.11 Å². The summed E-state index contributed by atoms with van der Waals surface area (Å²) in [7, 11) is 1.57. The van der Waals surface area contributed by atoms with Crippen molar-refractivity contribution in [3.8, 4) is 11.8 Å². The molecular weight excluding hydrogens is 304 g/mol. The van der Waals surface area contributed by atoms with Crippen LogP contribution in [-0.4, -0.2) is 12.9 Å². The lowest BCUT2D eigenvalue weighted by atomic mass is 9.70. The second-order valence-electron chi connectivity index (χ2n) is 6.94. The van der Waals surface area contributed by atoms with Crippen LogP contribution in [0.4, 0.5) is 0 Å². The van der Waals surface area contributed by atoms with Crippen LogP contribution in [0, 0.1) is 16.7 Å². The van der Waals surface area contributed by atoms with Gasteiger partial charge in [-0.1, -0.05) is 32.0 Å². The zero-order chi connectivity index (χ0) is 17.5. The molecule has 2 N–H and O–H groups in total. The summed E-state index contributed by atoms with van der Waals surface area (Å²) < 4.78 is 11.1. The minimum Gasteiger partial charge on any atom is -0.496 e. The van der Waals surface area contributed by atoms with Crippen molar-refractivity contribution < 1.29 is 14.3 Å². The summed E-state index contributed by atoms with van der Waals surface area (Å²) in [6, 6.07) is 9.49. The van der Waals surface area contributed by atoms with Gasteiger partial charge >= 0.3 is 0 Å². The number of nitrogens with two attached hydrogens (primary N) is 1. The van der Waals surface area contributed by atoms with E-state index in [9.17, 15) is 10.1 Å². The fourth-order valence-corrected chi connectivity index (χ4v) is 3.50. The predicted molar refractivity (Wildman–Crippen MR) is 88.7 cm³/mol. The Morgan fingerprint density at radius 3 is 2.71 bits per heavy atom. The molecule has 1 aliphatic heterocycles. The molecule has 2 aliphatic rings. The van der Waals surface area contributed by atoms with Gasteiger partial charge in [0, 0.05) is 24.0 Å². The Morgan fingerprint density at radius 2 is 2.04 bits per heavy atom. The monoisotopic (exact) mass is 324 g/mol. The molecule has 124 valence electrons. The molecule has 0 unspecified atom stereocenters. The van der Waals surface area contributed by atoms with E-state index in [0.717, 1.165) is 5.56 Å². The van der Waals surface area contributed by atoms with Gasteiger partial charge in [-0.25, -0.2) is 0 Å². The highest BCUT2D eigenvalue weighted by atomic mass is 16.5. The standard InChI is InChI=1S/C19H20N2O3/c1-19(2)8-13(22)17-15(9-19)24-18(21)12(10-20)16(17)11-6-4-5-7-14(11)23-3/h4-7,16H,8-9,21H2,1-3H3/t16-/m1/s1. The van der Waals surface area contributed by atoms with Crippen LogP contribution in [0.5, 0.6) is 5.75 Å². The van der Waals surface area contributed by atoms with E-state index in [1.165, 1.54) is 0 Å². The first-order valence-corrected chi connectivity index (χ1v) is 7.84. The number of hydrogen-bond acceptors (Lipinski definition) is 5. The summed E-state index contributed by atoms with van der Waals surface area (Å²) in [5.74, 6) is 0.714. The lowest BCUT2D eigenvalue weighted by Crippen LogP contribution is -2.33. The molecule has 0 amide bonds. The maximum atomic E-state index is 12.8. The van der Waals surface area contributed by atoms with Crippen LogP contribution in [0.2, 0.25) is 0 Å². The Morgan fingerprint density at radius 1 is 1.33 bits per heavy atom. The lowest BCUT2D eigenvalue weighted by Gasteiger charge is -2.37. The molecule has 5 nitrogen and oxygen atoms in total. The van der Waals surface area contributed by atoms with Crippen molar-refractivity contribution in [2.24, 2.45) is 11.1 Å². The minimum absolute atomic E-state index is 0.00240. The third-order valence-corrected chi connectivity index (χ3v) is 4.53. The van der Waals surface area contributed by atoms with E-state index in [-0.39, 0.29) is 22.7 Å². The number of para-hydroxylation sites is 1. The zero-order valence-electron chi connectivity index (χ0n) is 14.1. The number of ether oxygens (including phenoxy) is 2. The quantitative estimate of drug-likeness (QED) is 0.903. The second kappa shape index (κ2) is 5.72. The largest absolute Gasteiger partial charge is 0.496 e. The Balaban J connectivity index is 2.23. The number of ketones is 1. The number of allylic oxidation sites excluding steroid dienone is 3. The van der Waals surface area contributed by atoms with Gasteiger partial charge in [0.05, 0.1) is 13.0 Å². The molecule has 0 bridgehead atoms. The van der Waals surface area contributed by atoms with Crippen molar-refractivity contribution >= 4 is 5.78 Å². The molecular formula is C19H20N2O3. The summed E-state index contributed by atoms with van der Waals surface area (Å²) >= 11 is 0. The number of carbonyl (C=O) groups excluding carboxylic acids is 1. The number of nitriles is 1. The molecule has 1 heterocycles. The SMILES string of the molecule is COc1ccccc1[C@@H]1C(C#N)=C(N)OC2=C1C(=O)CC(C)(C)C2. The van der Waals surface area contributed by atoms with Crippen LogP contribution >= 0.6 is 0 Å². The smallest absolute Gasteiger partial charge is 0.205 e. The van der Waals surface area contributed by atoms with Gasteiger partial charge in [-0.2, -0.15) is 5.26 Å². The normalized spacial score (nSPS) is 22.6. The molecule has 1 aliphatic carbocycles. The minimum atomic E-state index is -0.543. The number of carbonyl (C=O) groups is 1. The van der Waals surface area contributed by atoms with Gasteiger partial charge in [-0.15, -0.1) is 0 Å². The van der Waals surface area contributed by atoms with E-state index in [0.29, 0.717) is 29.9 Å². The zero-order valence-corrected chi connectivity index (χ0v) is 14.1. The number of benzene rings is 1. The van der Waals surface area contributed by atoms with E-state index in [1.807, 2.05) is 38.1 Å². The maximum absolute atomic E-state index is 12.8. The number of methoxy groups -OCH3 is 1. The van der Waals surface area contributed by atoms with Crippen LogP contribution < -0.4 is 10.5 Å². The fraction of sp³-hybridized carbons (Fsp3) is 0.368. The molecule has 5 heteroatoms. The Labute approximate surface area is 141 Å². The molecule has 0 spiro atoms. The summed E-state index contributed by atoms with van der Waals surface area (Å²) in [5.41, 5.74) is 7.35. The molecule has 0 saturated heterocycles. The van der Waals surface area contributed by atoms with Crippen molar-refractivity contribution in [2.45, 2.75) is 32.6 Å². The fourth-order valence-electron chi connectivity index (χ4n) is 3.50. The number of rotatable bonds is 2. The average molecular weight is 324 g/mol. The molecule has 0 aromatic heterocycles. The summed E-state index contributed by atoms with van der Waals surface area (Å²) in [5, 5.41) is 9.59. The molecule has 24 heavy (non-hydrogen) atoms. The molecule has 1 atom stereocenters. The Bertz CT molecular complexity index is 812. The first kappa shape index (κ1) is 16.1. The molecule has 1 aromatic carbocycles. The van der Waals surface area contributed by atoms with Gasteiger partial charge in [0.25, 0.3) is 0 Å². The topological polar surface area (TPSA) is 85.3 Å². The van der Waals surface area contributed by atoms with Gasteiger partial charge in [0.15, 0.2) is 5.78 Å². The van der Waals surface area contributed by atoms with Crippen LogP contribution in [0.1, 0.15) is 38.2 Å². The van der Waals surface area contributed by atoms with Crippen molar-refractivity contribution in [3.63, 3.8) is 0 Å². The van der Waals surface area contributed by atoms with Crippen molar-refractivity contribution in [1.29, 1.82) is 5.26 Å². The third-order valence-electron chi connectivity index (χ3n) is 4.53. The third kappa shape index (κ3) is 2.54. The number of hydrogen-bond donors (Lipinski definition) is 1. The summed E-state index contributed by atoms with van der Waals surface area (Å²) in [6.07, 6.45) is 1.03. The van der Waals surface area contributed by atoms with E-state index >= 15 is 0 Å². The van der Waals surface area contributed by atoms with Crippen molar-refractivity contribution in [1.82, 2.24) is 0 Å². The average Bonchev–Trinajstić information content (AvgIpc) is 2.52. The molecule has 0 fully saturated rings.